The molecule has 0 unspecified atom stereocenters. The zero-order valence-corrected chi connectivity index (χ0v) is 11.8. The second-order valence-corrected chi connectivity index (χ2v) is 5.24. The number of aliphatic hydroxyl groups excluding tert-OH is 1. The molecule has 1 aliphatic rings. The van der Waals surface area contributed by atoms with E-state index in [4.69, 9.17) is 9.84 Å². The van der Waals surface area contributed by atoms with Crippen LogP contribution in [0.15, 0.2) is 18.2 Å². The van der Waals surface area contributed by atoms with Crippen LogP contribution in [0.3, 0.4) is 0 Å². The van der Waals surface area contributed by atoms with Crippen LogP contribution >= 0.6 is 0 Å². The van der Waals surface area contributed by atoms with Crippen molar-refractivity contribution in [1.29, 1.82) is 0 Å². The minimum absolute atomic E-state index is 0.166. The monoisotopic (exact) mass is 303 g/mol. The Morgan fingerprint density at radius 2 is 1.90 bits per heavy atom. The van der Waals surface area contributed by atoms with Crippen molar-refractivity contribution in [3.05, 3.63) is 29.3 Å². The number of aliphatic hydroxyl groups is 1. The molecule has 0 radical (unpaired) electrons. The van der Waals surface area contributed by atoms with E-state index in [1.807, 2.05) is 0 Å². The number of rotatable bonds is 6. The summed E-state index contributed by atoms with van der Waals surface area (Å²) in [5, 5.41) is 8.94. The standard InChI is InChI=1S/C15H20F3NO2/c16-15(17,18)13-10-12(11-20)4-5-14(13)21-9-3-8-19-6-1-2-7-19/h4-5,10,20H,1-3,6-9,11H2. The fraction of sp³-hybridized carbons (Fsp3) is 0.600. The van der Waals surface area contributed by atoms with Crippen LogP contribution in [0.25, 0.3) is 0 Å². The fourth-order valence-corrected chi connectivity index (χ4v) is 2.50. The van der Waals surface area contributed by atoms with Crippen LogP contribution in [-0.2, 0) is 12.8 Å². The van der Waals surface area contributed by atoms with Crippen LogP contribution in [0.4, 0.5) is 13.2 Å². The van der Waals surface area contributed by atoms with E-state index in [2.05, 4.69) is 4.90 Å². The summed E-state index contributed by atoms with van der Waals surface area (Å²) in [6.07, 6.45) is -1.38. The molecule has 0 atom stereocenters. The van der Waals surface area contributed by atoms with Gasteiger partial charge in [-0.05, 0) is 50.0 Å². The molecule has 0 saturated carbocycles. The predicted molar refractivity (Wildman–Crippen MR) is 73.2 cm³/mol. The molecule has 1 aliphatic heterocycles. The Kier molecular flexibility index (Phi) is 5.47. The molecular weight excluding hydrogens is 283 g/mol. The van der Waals surface area contributed by atoms with Gasteiger partial charge in [0.15, 0.2) is 0 Å². The third kappa shape index (κ3) is 4.61. The Bertz CT molecular complexity index is 457. The summed E-state index contributed by atoms with van der Waals surface area (Å²) in [5.74, 6) is -0.166. The van der Waals surface area contributed by atoms with Gasteiger partial charge >= 0.3 is 6.18 Å². The fourth-order valence-electron chi connectivity index (χ4n) is 2.50. The average Bonchev–Trinajstić information content (AvgIpc) is 2.96. The van der Waals surface area contributed by atoms with Gasteiger partial charge in [-0.2, -0.15) is 13.2 Å². The molecule has 118 valence electrons. The van der Waals surface area contributed by atoms with Gasteiger partial charge in [0.25, 0.3) is 0 Å². The smallest absolute Gasteiger partial charge is 0.419 e. The highest BCUT2D eigenvalue weighted by Gasteiger charge is 2.34. The highest BCUT2D eigenvalue weighted by atomic mass is 19.4. The Morgan fingerprint density at radius 3 is 2.52 bits per heavy atom. The van der Waals surface area contributed by atoms with E-state index < -0.39 is 18.3 Å². The number of ether oxygens (including phenoxy) is 1. The summed E-state index contributed by atoms with van der Waals surface area (Å²) in [7, 11) is 0. The van der Waals surface area contributed by atoms with Crippen molar-refractivity contribution < 1.29 is 23.0 Å². The molecule has 3 nitrogen and oxygen atoms in total. The van der Waals surface area contributed by atoms with Crippen LogP contribution < -0.4 is 4.74 Å². The van der Waals surface area contributed by atoms with E-state index in [9.17, 15) is 13.2 Å². The highest BCUT2D eigenvalue weighted by molar-refractivity contribution is 5.39. The molecule has 0 aliphatic carbocycles. The maximum absolute atomic E-state index is 12.9. The van der Waals surface area contributed by atoms with E-state index in [1.54, 1.807) is 0 Å². The van der Waals surface area contributed by atoms with Crippen LogP contribution in [0.1, 0.15) is 30.4 Å². The molecule has 0 amide bonds. The molecule has 1 aromatic carbocycles. The second-order valence-electron chi connectivity index (χ2n) is 5.24. The van der Waals surface area contributed by atoms with Crippen molar-refractivity contribution in [3.63, 3.8) is 0 Å². The molecule has 0 bridgehead atoms. The highest BCUT2D eigenvalue weighted by Crippen LogP contribution is 2.36. The molecule has 21 heavy (non-hydrogen) atoms. The van der Waals surface area contributed by atoms with Gasteiger partial charge in [-0.1, -0.05) is 6.07 Å². The first-order valence-corrected chi connectivity index (χ1v) is 7.17. The molecular formula is C15H20F3NO2. The Hall–Kier alpha value is -1.27. The van der Waals surface area contributed by atoms with Gasteiger partial charge in [-0.15, -0.1) is 0 Å². The minimum Gasteiger partial charge on any atom is -0.493 e. The van der Waals surface area contributed by atoms with Crippen molar-refractivity contribution in [2.45, 2.75) is 32.0 Å². The lowest BCUT2D eigenvalue weighted by Crippen LogP contribution is -2.22. The van der Waals surface area contributed by atoms with Gasteiger partial charge < -0.3 is 14.7 Å². The van der Waals surface area contributed by atoms with E-state index in [0.29, 0.717) is 6.42 Å². The summed E-state index contributed by atoms with van der Waals surface area (Å²) < 4.78 is 44.1. The number of alkyl halides is 3. The van der Waals surface area contributed by atoms with Gasteiger partial charge in [-0.3, -0.25) is 0 Å². The molecule has 1 aromatic rings. The average molecular weight is 303 g/mol. The van der Waals surface area contributed by atoms with Gasteiger partial charge in [0, 0.05) is 6.54 Å². The molecule has 1 fully saturated rings. The number of hydrogen-bond acceptors (Lipinski definition) is 3. The molecule has 2 rings (SSSR count). The molecule has 1 heterocycles. The lowest BCUT2D eigenvalue weighted by molar-refractivity contribution is -0.139. The van der Waals surface area contributed by atoms with Crippen molar-refractivity contribution in [2.24, 2.45) is 0 Å². The van der Waals surface area contributed by atoms with Gasteiger partial charge in [0.05, 0.1) is 18.8 Å². The van der Waals surface area contributed by atoms with Crippen molar-refractivity contribution in [1.82, 2.24) is 4.90 Å². The quantitative estimate of drug-likeness (QED) is 0.820. The number of hydrogen-bond donors (Lipinski definition) is 1. The van der Waals surface area contributed by atoms with Gasteiger partial charge in [0.2, 0.25) is 0 Å². The largest absolute Gasteiger partial charge is 0.493 e. The summed E-state index contributed by atoms with van der Waals surface area (Å²) in [5.41, 5.74) is -0.595. The summed E-state index contributed by atoms with van der Waals surface area (Å²) >= 11 is 0. The second kappa shape index (κ2) is 7.13. The molecule has 6 heteroatoms. The van der Waals surface area contributed by atoms with Crippen molar-refractivity contribution >= 4 is 0 Å². The molecule has 0 aromatic heterocycles. The van der Waals surface area contributed by atoms with Gasteiger partial charge in [-0.25, -0.2) is 0 Å². The zero-order valence-electron chi connectivity index (χ0n) is 11.8. The topological polar surface area (TPSA) is 32.7 Å². The maximum Gasteiger partial charge on any atom is 0.419 e. The number of likely N-dealkylation sites (tertiary alicyclic amines) is 1. The third-order valence-electron chi connectivity index (χ3n) is 3.61. The van der Waals surface area contributed by atoms with Crippen LogP contribution in [0.5, 0.6) is 5.75 Å². The Labute approximate surface area is 122 Å². The third-order valence-corrected chi connectivity index (χ3v) is 3.61. The minimum atomic E-state index is -4.48. The van der Waals surface area contributed by atoms with E-state index in [-0.39, 0.29) is 17.9 Å². The molecule has 0 spiro atoms. The summed E-state index contributed by atoms with van der Waals surface area (Å²) in [6, 6.07) is 3.67. The van der Waals surface area contributed by atoms with Crippen LogP contribution in [0, 0.1) is 0 Å². The van der Waals surface area contributed by atoms with Crippen LogP contribution in [-0.4, -0.2) is 36.2 Å². The van der Waals surface area contributed by atoms with Crippen molar-refractivity contribution in [3.8, 4) is 5.75 Å². The first-order chi connectivity index (χ1) is 10.0. The number of halogens is 3. The number of benzene rings is 1. The number of nitrogens with zero attached hydrogens (tertiary/aromatic N) is 1. The Morgan fingerprint density at radius 1 is 1.19 bits per heavy atom. The SMILES string of the molecule is OCc1ccc(OCCCN2CCCC2)c(C(F)(F)F)c1. The predicted octanol–water partition coefficient (Wildman–Crippen LogP) is 3.06. The van der Waals surface area contributed by atoms with E-state index in [0.717, 1.165) is 25.7 Å². The Balaban J connectivity index is 1.92. The first-order valence-electron chi connectivity index (χ1n) is 7.17. The van der Waals surface area contributed by atoms with E-state index >= 15 is 0 Å². The zero-order chi connectivity index (χ0) is 15.3. The molecule has 1 N–H and O–H groups in total. The summed E-state index contributed by atoms with van der Waals surface area (Å²) in [6.45, 7) is 2.84. The lowest BCUT2D eigenvalue weighted by Gasteiger charge is -2.17. The lowest BCUT2D eigenvalue weighted by atomic mass is 10.1. The first kappa shape index (κ1) is 16.1. The molecule has 1 saturated heterocycles. The summed E-state index contributed by atoms with van der Waals surface area (Å²) in [4.78, 5) is 2.29. The van der Waals surface area contributed by atoms with E-state index in [1.165, 1.54) is 25.0 Å². The van der Waals surface area contributed by atoms with Gasteiger partial charge in [0.1, 0.15) is 5.75 Å². The van der Waals surface area contributed by atoms with Crippen LogP contribution in [0.2, 0.25) is 0 Å². The maximum atomic E-state index is 12.9. The normalized spacial score (nSPS) is 16.4. The van der Waals surface area contributed by atoms with Crippen molar-refractivity contribution in [2.75, 3.05) is 26.2 Å².